The molecular weight excluding hydrogens is 244 g/mol. The Labute approximate surface area is 111 Å². The van der Waals surface area contributed by atoms with E-state index in [-0.39, 0.29) is 5.78 Å². The van der Waals surface area contributed by atoms with E-state index in [1.54, 1.807) is 31.0 Å². The van der Waals surface area contributed by atoms with Gasteiger partial charge in [-0.15, -0.1) is 11.8 Å². The minimum Gasteiger partial charge on any atom is -0.496 e. The molecule has 0 N–H and O–H groups in total. The molecule has 0 bridgehead atoms. The highest BCUT2D eigenvalue weighted by Crippen LogP contribution is 2.22. The highest BCUT2D eigenvalue weighted by Gasteiger charge is 2.13. The Morgan fingerprint density at radius 2 is 1.72 bits per heavy atom. The molecule has 0 amide bonds. The van der Waals surface area contributed by atoms with Crippen molar-refractivity contribution in [1.29, 1.82) is 0 Å². The first kappa shape index (κ1) is 12.7. The fourth-order valence-electron chi connectivity index (χ4n) is 1.73. The Morgan fingerprint density at radius 1 is 1.06 bits per heavy atom. The molecule has 0 aliphatic rings. The molecule has 92 valence electrons. The van der Waals surface area contributed by atoms with Gasteiger partial charge in [-0.1, -0.05) is 12.1 Å². The topological polar surface area (TPSA) is 26.3 Å². The zero-order valence-corrected chi connectivity index (χ0v) is 11.2. The Kier molecular flexibility index (Phi) is 4.05. The van der Waals surface area contributed by atoms with Crippen molar-refractivity contribution in [2.45, 2.75) is 4.90 Å². The Hall–Kier alpha value is -1.74. The average Bonchev–Trinajstić information content (AvgIpc) is 2.46. The van der Waals surface area contributed by atoms with Crippen molar-refractivity contribution in [3.63, 3.8) is 0 Å². The zero-order chi connectivity index (χ0) is 13.0. The van der Waals surface area contributed by atoms with Crippen molar-refractivity contribution in [3.8, 4) is 5.75 Å². The van der Waals surface area contributed by atoms with Crippen LogP contribution < -0.4 is 4.74 Å². The maximum absolute atomic E-state index is 12.3. The van der Waals surface area contributed by atoms with E-state index in [9.17, 15) is 4.79 Å². The number of methoxy groups -OCH3 is 1. The van der Waals surface area contributed by atoms with Crippen molar-refractivity contribution in [2.24, 2.45) is 0 Å². The van der Waals surface area contributed by atoms with Gasteiger partial charge in [0.15, 0.2) is 5.78 Å². The first-order valence-corrected chi connectivity index (χ1v) is 6.80. The normalized spacial score (nSPS) is 10.1. The van der Waals surface area contributed by atoms with E-state index in [1.165, 1.54) is 0 Å². The van der Waals surface area contributed by atoms with Crippen molar-refractivity contribution >= 4 is 17.5 Å². The molecule has 18 heavy (non-hydrogen) atoms. The second kappa shape index (κ2) is 5.74. The summed E-state index contributed by atoms with van der Waals surface area (Å²) in [5.41, 5.74) is 1.27. The molecule has 0 spiro atoms. The zero-order valence-electron chi connectivity index (χ0n) is 10.3. The number of ether oxygens (including phenoxy) is 1. The first-order chi connectivity index (χ1) is 8.76. The summed E-state index contributed by atoms with van der Waals surface area (Å²) in [7, 11) is 1.57. The van der Waals surface area contributed by atoms with Crippen LogP contribution in [0.2, 0.25) is 0 Å². The first-order valence-electron chi connectivity index (χ1n) is 5.58. The third-order valence-corrected chi connectivity index (χ3v) is 3.45. The summed E-state index contributed by atoms with van der Waals surface area (Å²) >= 11 is 1.66. The maximum atomic E-state index is 12.3. The van der Waals surface area contributed by atoms with Crippen LogP contribution in [0.1, 0.15) is 15.9 Å². The molecule has 0 aliphatic carbocycles. The average molecular weight is 258 g/mol. The van der Waals surface area contributed by atoms with Crippen LogP contribution in [-0.2, 0) is 0 Å². The summed E-state index contributed by atoms with van der Waals surface area (Å²) < 4.78 is 5.21. The monoisotopic (exact) mass is 258 g/mol. The molecule has 2 rings (SSSR count). The molecule has 0 aromatic heterocycles. The summed E-state index contributed by atoms with van der Waals surface area (Å²) in [6.45, 7) is 0. The molecule has 3 heteroatoms. The van der Waals surface area contributed by atoms with Crippen LogP contribution in [0.4, 0.5) is 0 Å². The van der Waals surface area contributed by atoms with Crippen LogP contribution in [-0.4, -0.2) is 19.1 Å². The number of benzene rings is 2. The van der Waals surface area contributed by atoms with Gasteiger partial charge in [-0.05, 0) is 42.7 Å². The number of hydrogen-bond donors (Lipinski definition) is 0. The van der Waals surface area contributed by atoms with Gasteiger partial charge in [0.2, 0.25) is 0 Å². The van der Waals surface area contributed by atoms with Crippen LogP contribution in [0.3, 0.4) is 0 Å². The van der Waals surface area contributed by atoms with Crippen molar-refractivity contribution in [3.05, 3.63) is 59.7 Å². The molecular formula is C15H14O2S. The quantitative estimate of drug-likeness (QED) is 0.618. The molecule has 0 saturated carbocycles. The van der Waals surface area contributed by atoms with Crippen LogP contribution in [0, 0.1) is 0 Å². The predicted octanol–water partition coefficient (Wildman–Crippen LogP) is 3.65. The minimum atomic E-state index is -0.0138. The molecule has 0 aliphatic heterocycles. The van der Waals surface area contributed by atoms with Crippen LogP contribution in [0.15, 0.2) is 53.4 Å². The number of thioether (sulfide) groups is 1. The summed E-state index contributed by atoms with van der Waals surface area (Å²) in [5.74, 6) is 0.594. The van der Waals surface area contributed by atoms with E-state index >= 15 is 0 Å². The molecule has 0 unspecified atom stereocenters. The molecule has 0 saturated heterocycles. The fourth-order valence-corrected chi connectivity index (χ4v) is 2.14. The third-order valence-electron chi connectivity index (χ3n) is 2.70. The van der Waals surface area contributed by atoms with Gasteiger partial charge in [-0.25, -0.2) is 0 Å². The summed E-state index contributed by atoms with van der Waals surface area (Å²) in [6.07, 6.45) is 2.01. The van der Waals surface area contributed by atoms with Gasteiger partial charge in [0.05, 0.1) is 12.7 Å². The standard InChI is InChI=1S/C15H14O2S/c1-17-14-6-4-3-5-13(14)15(16)11-7-9-12(18-2)10-8-11/h3-10H,1-2H3. The smallest absolute Gasteiger partial charge is 0.196 e. The van der Waals surface area contributed by atoms with Gasteiger partial charge in [0, 0.05) is 10.5 Å². The van der Waals surface area contributed by atoms with Crippen LogP contribution in [0.25, 0.3) is 0 Å². The van der Waals surface area contributed by atoms with Gasteiger partial charge in [-0.2, -0.15) is 0 Å². The van der Waals surface area contributed by atoms with Crippen LogP contribution in [0.5, 0.6) is 5.75 Å². The number of carbonyl (C=O) groups is 1. The lowest BCUT2D eigenvalue weighted by molar-refractivity contribution is 0.103. The maximum Gasteiger partial charge on any atom is 0.196 e. The van der Waals surface area contributed by atoms with Crippen molar-refractivity contribution in [1.82, 2.24) is 0 Å². The van der Waals surface area contributed by atoms with Crippen molar-refractivity contribution in [2.75, 3.05) is 13.4 Å². The number of ketones is 1. The lowest BCUT2D eigenvalue weighted by Gasteiger charge is -2.07. The molecule has 2 aromatic rings. The molecule has 0 radical (unpaired) electrons. The lowest BCUT2D eigenvalue weighted by Crippen LogP contribution is -2.03. The number of para-hydroxylation sites is 1. The van der Waals surface area contributed by atoms with E-state index in [2.05, 4.69) is 0 Å². The fraction of sp³-hybridized carbons (Fsp3) is 0.133. The van der Waals surface area contributed by atoms with E-state index < -0.39 is 0 Å². The highest BCUT2D eigenvalue weighted by atomic mass is 32.2. The van der Waals surface area contributed by atoms with Gasteiger partial charge in [-0.3, -0.25) is 4.79 Å². The Balaban J connectivity index is 2.35. The van der Waals surface area contributed by atoms with E-state index in [1.807, 2.05) is 42.7 Å². The molecule has 2 aromatic carbocycles. The summed E-state index contributed by atoms with van der Waals surface area (Å²) in [5, 5.41) is 0. The molecule has 0 atom stereocenters. The summed E-state index contributed by atoms with van der Waals surface area (Å²) in [6, 6.07) is 14.9. The second-order valence-corrected chi connectivity index (χ2v) is 4.64. The van der Waals surface area contributed by atoms with Gasteiger partial charge in [0.25, 0.3) is 0 Å². The number of rotatable bonds is 4. The third kappa shape index (κ3) is 2.57. The van der Waals surface area contributed by atoms with E-state index in [4.69, 9.17) is 4.74 Å². The Bertz CT molecular complexity index is 547. The molecule has 2 nitrogen and oxygen atoms in total. The largest absolute Gasteiger partial charge is 0.496 e. The number of carbonyl (C=O) groups excluding carboxylic acids is 1. The van der Waals surface area contributed by atoms with Crippen LogP contribution >= 0.6 is 11.8 Å². The van der Waals surface area contributed by atoms with E-state index in [0.717, 1.165) is 4.90 Å². The SMILES string of the molecule is COc1ccccc1C(=O)c1ccc(SC)cc1. The minimum absolute atomic E-state index is 0.0138. The lowest BCUT2D eigenvalue weighted by atomic mass is 10.0. The van der Waals surface area contributed by atoms with Gasteiger partial charge < -0.3 is 4.74 Å². The summed E-state index contributed by atoms with van der Waals surface area (Å²) in [4.78, 5) is 13.5. The predicted molar refractivity (Wildman–Crippen MR) is 74.6 cm³/mol. The second-order valence-electron chi connectivity index (χ2n) is 3.76. The highest BCUT2D eigenvalue weighted by molar-refractivity contribution is 7.98. The van der Waals surface area contributed by atoms with Gasteiger partial charge >= 0.3 is 0 Å². The molecule has 0 heterocycles. The van der Waals surface area contributed by atoms with E-state index in [0.29, 0.717) is 16.9 Å². The number of hydrogen-bond acceptors (Lipinski definition) is 3. The van der Waals surface area contributed by atoms with Crippen molar-refractivity contribution < 1.29 is 9.53 Å². The van der Waals surface area contributed by atoms with Gasteiger partial charge in [0.1, 0.15) is 5.75 Å². The Morgan fingerprint density at radius 3 is 2.33 bits per heavy atom. The molecule has 0 fully saturated rings.